The summed E-state index contributed by atoms with van der Waals surface area (Å²) in [4.78, 5) is 14.8. The Morgan fingerprint density at radius 2 is 1.96 bits per heavy atom. The minimum atomic E-state index is -3.28. The van der Waals surface area contributed by atoms with Crippen LogP contribution in [0.3, 0.4) is 0 Å². The highest BCUT2D eigenvalue weighted by Crippen LogP contribution is 2.30. The van der Waals surface area contributed by atoms with Gasteiger partial charge in [-0.1, -0.05) is 0 Å². The van der Waals surface area contributed by atoms with Crippen molar-refractivity contribution in [1.82, 2.24) is 10.2 Å². The summed E-state index contributed by atoms with van der Waals surface area (Å²) in [5.41, 5.74) is 2.29. The average molecular weight is 388 g/mol. The van der Waals surface area contributed by atoms with Gasteiger partial charge >= 0.3 is 0 Å². The Morgan fingerprint density at radius 1 is 1.24 bits per heavy atom. The smallest absolute Gasteiger partial charge is 0.254 e. The summed E-state index contributed by atoms with van der Waals surface area (Å²) in [6.45, 7) is 6.13. The van der Waals surface area contributed by atoms with Crippen molar-refractivity contribution in [3.8, 4) is 0 Å². The molecule has 0 spiro atoms. The molecule has 0 saturated carbocycles. The van der Waals surface area contributed by atoms with Gasteiger partial charge in [0, 0.05) is 37.3 Å². The Bertz CT molecular complexity index is 754. The third-order valence-corrected chi connectivity index (χ3v) is 6.28. The Hall–Kier alpha value is -1.31. The molecule has 140 valence electrons. The van der Waals surface area contributed by atoms with Gasteiger partial charge in [-0.05, 0) is 50.5 Å². The fourth-order valence-electron chi connectivity index (χ4n) is 3.55. The Morgan fingerprint density at radius 3 is 2.64 bits per heavy atom. The number of nitrogens with zero attached hydrogens (tertiary/aromatic N) is 2. The molecule has 2 heterocycles. The number of benzene rings is 1. The molecule has 0 bridgehead atoms. The summed E-state index contributed by atoms with van der Waals surface area (Å²) in [5, 5.41) is 3.37. The van der Waals surface area contributed by atoms with Crippen molar-refractivity contribution in [2.24, 2.45) is 0 Å². The summed E-state index contributed by atoms with van der Waals surface area (Å²) in [6.07, 6.45) is 2.81. The standard InChI is InChI=1S/C17H25N3O3S.ClH/c1-12-13(2)19(10-8-18-12)17(21)15-6-7-16-14(11-15)5-4-9-20(16)24(3,22)23;/h6-7,11-13,18H,4-5,8-10H2,1-3H3;1H. The molecule has 0 radical (unpaired) electrons. The van der Waals surface area contributed by atoms with Crippen molar-refractivity contribution in [2.45, 2.75) is 38.8 Å². The van der Waals surface area contributed by atoms with Gasteiger partial charge in [0.2, 0.25) is 10.0 Å². The first-order valence-electron chi connectivity index (χ1n) is 8.44. The van der Waals surface area contributed by atoms with Crippen LogP contribution in [0.5, 0.6) is 0 Å². The van der Waals surface area contributed by atoms with E-state index in [1.807, 2.05) is 11.0 Å². The number of fused-ring (bicyclic) bond motifs is 1. The Balaban J connectivity index is 0.00000225. The zero-order valence-corrected chi connectivity index (χ0v) is 16.5. The van der Waals surface area contributed by atoms with Crippen molar-refractivity contribution >= 4 is 34.0 Å². The van der Waals surface area contributed by atoms with Gasteiger partial charge < -0.3 is 10.2 Å². The van der Waals surface area contributed by atoms with Gasteiger partial charge in [-0.3, -0.25) is 9.10 Å². The largest absolute Gasteiger partial charge is 0.333 e. The lowest BCUT2D eigenvalue weighted by atomic mass is 9.99. The Kier molecular flexibility index (Phi) is 6.01. The van der Waals surface area contributed by atoms with Gasteiger partial charge in [0.25, 0.3) is 5.91 Å². The summed E-state index contributed by atoms with van der Waals surface area (Å²) < 4.78 is 25.3. The highest BCUT2D eigenvalue weighted by Gasteiger charge is 2.30. The molecule has 1 N–H and O–H groups in total. The predicted molar refractivity (Wildman–Crippen MR) is 102 cm³/mol. The molecular weight excluding hydrogens is 362 g/mol. The zero-order chi connectivity index (χ0) is 17.5. The van der Waals surface area contributed by atoms with E-state index in [0.717, 1.165) is 24.9 Å². The SMILES string of the molecule is CC1NCCN(C(=O)c2ccc3c(c2)CCCN3S(C)(=O)=O)C1C.Cl. The second-order valence-electron chi connectivity index (χ2n) is 6.76. The minimum absolute atomic E-state index is 0. The number of hydrogen-bond acceptors (Lipinski definition) is 4. The van der Waals surface area contributed by atoms with Crippen LogP contribution in [0.4, 0.5) is 5.69 Å². The number of hydrogen-bond donors (Lipinski definition) is 1. The predicted octanol–water partition coefficient (Wildman–Crippen LogP) is 1.64. The number of aryl methyl sites for hydroxylation is 1. The van der Waals surface area contributed by atoms with Crippen molar-refractivity contribution in [3.63, 3.8) is 0 Å². The second-order valence-corrected chi connectivity index (χ2v) is 8.67. The number of carbonyl (C=O) groups is 1. The molecule has 1 aromatic carbocycles. The fourth-order valence-corrected chi connectivity index (χ4v) is 4.55. The molecule has 6 nitrogen and oxygen atoms in total. The number of anilines is 1. The van der Waals surface area contributed by atoms with Gasteiger partial charge in [-0.15, -0.1) is 12.4 Å². The summed E-state index contributed by atoms with van der Waals surface area (Å²) in [6, 6.07) is 5.80. The molecule has 1 aromatic rings. The molecule has 0 aromatic heterocycles. The molecular formula is C17H26ClN3O3S. The monoisotopic (exact) mass is 387 g/mol. The number of halogens is 1. The van der Waals surface area contributed by atoms with Crippen LogP contribution < -0.4 is 9.62 Å². The maximum Gasteiger partial charge on any atom is 0.254 e. The van der Waals surface area contributed by atoms with E-state index in [0.29, 0.717) is 24.3 Å². The first kappa shape index (κ1) is 20.0. The first-order chi connectivity index (χ1) is 11.3. The van der Waals surface area contributed by atoms with E-state index in [9.17, 15) is 13.2 Å². The van der Waals surface area contributed by atoms with Crippen LogP contribution in [0.25, 0.3) is 0 Å². The molecule has 25 heavy (non-hydrogen) atoms. The van der Waals surface area contributed by atoms with Gasteiger partial charge in [-0.2, -0.15) is 0 Å². The van der Waals surface area contributed by atoms with Crippen molar-refractivity contribution in [1.29, 1.82) is 0 Å². The number of nitrogens with one attached hydrogen (secondary N) is 1. The minimum Gasteiger partial charge on any atom is -0.333 e. The molecule has 2 aliphatic heterocycles. The van der Waals surface area contributed by atoms with Crippen LogP contribution in [-0.2, 0) is 16.4 Å². The average Bonchev–Trinajstić information content (AvgIpc) is 2.55. The maximum atomic E-state index is 12.9. The summed E-state index contributed by atoms with van der Waals surface area (Å²) in [5.74, 6) is 0.0233. The molecule has 1 amide bonds. The maximum absolute atomic E-state index is 12.9. The highest BCUT2D eigenvalue weighted by atomic mass is 35.5. The van der Waals surface area contributed by atoms with E-state index < -0.39 is 10.0 Å². The lowest BCUT2D eigenvalue weighted by molar-refractivity contribution is 0.0603. The number of piperazine rings is 1. The Labute approximate surface area is 156 Å². The van der Waals surface area contributed by atoms with E-state index >= 15 is 0 Å². The van der Waals surface area contributed by atoms with E-state index in [4.69, 9.17) is 0 Å². The van der Waals surface area contributed by atoms with E-state index in [1.165, 1.54) is 10.6 Å². The molecule has 1 saturated heterocycles. The van der Waals surface area contributed by atoms with Gasteiger partial charge in [0.15, 0.2) is 0 Å². The first-order valence-corrected chi connectivity index (χ1v) is 10.3. The highest BCUT2D eigenvalue weighted by molar-refractivity contribution is 7.92. The number of amides is 1. The second kappa shape index (κ2) is 7.51. The van der Waals surface area contributed by atoms with Crippen molar-refractivity contribution in [3.05, 3.63) is 29.3 Å². The third kappa shape index (κ3) is 3.93. The lowest BCUT2D eigenvalue weighted by Gasteiger charge is -2.39. The molecule has 2 unspecified atom stereocenters. The van der Waals surface area contributed by atoms with E-state index in [-0.39, 0.29) is 30.4 Å². The third-order valence-electron chi connectivity index (χ3n) is 5.10. The number of carbonyl (C=O) groups excluding carboxylic acids is 1. The molecule has 2 atom stereocenters. The fraction of sp³-hybridized carbons (Fsp3) is 0.588. The molecule has 0 aliphatic carbocycles. The van der Waals surface area contributed by atoms with Crippen molar-refractivity contribution < 1.29 is 13.2 Å². The summed E-state index contributed by atoms with van der Waals surface area (Å²) >= 11 is 0. The van der Waals surface area contributed by atoms with Crippen LogP contribution in [-0.4, -0.2) is 57.2 Å². The number of sulfonamides is 1. The van der Waals surface area contributed by atoms with Crippen LogP contribution in [0.2, 0.25) is 0 Å². The topological polar surface area (TPSA) is 69.7 Å². The zero-order valence-electron chi connectivity index (χ0n) is 14.9. The molecule has 1 fully saturated rings. The van der Waals surface area contributed by atoms with E-state index in [2.05, 4.69) is 19.2 Å². The van der Waals surface area contributed by atoms with Crippen molar-refractivity contribution in [2.75, 3.05) is 30.2 Å². The molecule has 2 aliphatic rings. The number of rotatable bonds is 2. The molecule has 3 rings (SSSR count). The van der Waals surface area contributed by atoms with Crippen LogP contribution in [0, 0.1) is 0 Å². The van der Waals surface area contributed by atoms with Crippen LogP contribution in [0.15, 0.2) is 18.2 Å². The van der Waals surface area contributed by atoms with Gasteiger partial charge in [0.1, 0.15) is 0 Å². The van der Waals surface area contributed by atoms with E-state index in [1.54, 1.807) is 12.1 Å². The summed E-state index contributed by atoms with van der Waals surface area (Å²) in [7, 11) is -3.28. The molecule has 8 heteroatoms. The lowest BCUT2D eigenvalue weighted by Crippen LogP contribution is -2.57. The van der Waals surface area contributed by atoms with Gasteiger partial charge in [-0.25, -0.2) is 8.42 Å². The van der Waals surface area contributed by atoms with Gasteiger partial charge in [0.05, 0.1) is 11.9 Å². The van der Waals surface area contributed by atoms with Crippen LogP contribution >= 0.6 is 12.4 Å². The quantitative estimate of drug-likeness (QED) is 0.837. The van der Waals surface area contributed by atoms with Crippen LogP contribution in [0.1, 0.15) is 36.2 Å². The normalized spacial score (nSPS) is 23.6.